The number of aryl methyl sites for hydroxylation is 1. The van der Waals surface area contributed by atoms with E-state index in [1.807, 2.05) is 66.2 Å². The highest BCUT2D eigenvalue weighted by Crippen LogP contribution is 2.23. The van der Waals surface area contributed by atoms with Gasteiger partial charge in [0.25, 0.3) is 5.91 Å². The molecule has 6 nitrogen and oxygen atoms in total. The number of amides is 1. The maximum Gasteiger partial charge on any atom is 0.259 e. The fourth-order valence-electron chi connectivity index (χ4n) is 3.08. The molecule has 1 N–H and O–H groups in total. The summed E-state index contributed by atoms with van der Waals surface area (Å²) >= 11 is 0. The van der Waals surface area contributed by atoms with E-state index in [1.165, 1.54) is 0 Å². The zero-order valence-corrected chi connectivity index (χ0v) is 16.3. The van der Waals surface area contributed by atoms with Crippen LogP contribution in [-0.2, 0) is 6.61 Å². The third kappa shape index (κ3) is 4.21. The van der Waals surface area contributed by atoms with Crippen molar-refractivity contribution in [2.45, 2.75) is 13.5 Å². The molecule has 2 heterocycles. The first-order valence-corrected chi connectivity index (χ1v) is 9.24. The van der Waals surface area contributed by atoms with Gasteiger partial charge in [0.2, 0.25) is 0 Å². The Kier molecular flexibility index (Phi) is 5.16. The lowest BCUT2D eigenvalue weighted by Gasteiger charge is -2.11. The van der Waals surface area contributed by atoms with E-state index in [4.69, 9.17) is 9.47 Å². The molecule has 0 saturated carbocycles. The summed E-state index contributed by atoms with van der Waals surface area (Å²) in [5.74, 6) is 0.950. The number of carbonyl (C=O) groups is 1. The maximum absolute atomic E-state index is 12.7. The van der Waals surface area contributed by atoms with Gasteiger partial charge in [0.15, 0.2) is 0 Å². The van der Waals surface area contributed by atoms with Crippen molar-refractivity contribution in [3.05, 3.63) is 89.9 Å². The molecular formula is C23H21N3O3. The van der Waals surface area contributed by atoms with E-state index >= 15 is 0 Å². The molecule has 0 spiro atoms. The lowest BCUT2D eigenvalue weighted by Crippen LogP contribution is -2.13. The average Bonchev–Trinajstić information content (AvgIpc) is 3.15. The minimum atomic E-state index is -0.233. The predicted molar refractivity (Wildman–Crippen MR) is 112 cm³/mol. The number of methoxy groups -OCH3 is 1. The van der Waals surface area contributed by atoms with Crippen LogP contribution in [0.25, 0.3) is 5.65 Å². The van der Waals surface area contributed by atoms with Gasteiger partial charge < -0.3 is 19.2 Å². The summed E-state index contributed by atoms with van der Waals surface area (Å²) in [5, 5.41) is 2.90. The van der Waals surface area contributed by atoms with Crippen molar-refractivity contribution >= 4 is 17.2 Å². The summed E-state index contributed by atoms with van der Waals surface area (Å²) in [5.41, 5.74) is 3.82. The molecule has 0 atom stereocenters. The number of benzene rings is 2. The first kappa shape index (κ1) is 18.6. The molecule has 6 heteroatoms. The van der Waals surface area contributed by atoms with Gasteiger partial charge in [-0.15, -0.1) is 0 Å². The lowest BCUT2D eigenvalue weighted by molar-refractivity contribution is 0.102. The first-order valence-electron chi connectivity index (χ1n) is 9.24. The van der Waals surface area contributed by atoms with E-state index in [0.717, 1.165) is 16.9 Å². The van der Waals surface area contributed by atoms with E-state index < -0.39 is 0 Å². The Morgan fingerprint density at radius 3 is 2.83 bits per heavy atom. The molecule has 4 rings (SSSR count). The van der Waals surface area contributed by atoms with Crippen molar-refractivity contribution in [3.8, 4) is 11.5 Å². The molecule has 146 valence electrons. The molecule has 1 amide bonds. The standard InChI is InChI=1S/C23H21N3O3/c1-16-9-10-21(28-2)20(12-16)23(27)25-17-6-5-7-19(13-17)29-15-18-14-26-11-4-3-8-22(26)24-18/h3-14H,15H2,1-2H3,(H,25,27). The molecule has 2 aromatic heterocycles. The largest absolute Gasteiger partial charge is 0.496 e. The Morgan fingerprint density at radius 1 is 1.10 bits per heavy atom. The fourth-order valence-corrected chi connectivity index (χ4v) is 3.08. The highest BCUT2D eigenvalue weighted by molar-refractivity contribution is 6.06. The zero-order valence-electron chi connectivity index (χ0n) is 16.3. The normalized spacial score (nSPS) is 10.7. The number of hydrogen-bond donors (Lipinski definition) is 1. The first-order chi connectivity index (χ1) is 14.1. The number of pyridine rings is 1. The quantitative estimate of drug-likeness (QED) is 0.530. The minimum Gasteiger partial charge on any atom is -0.496 e. The summed E-state index contributed by atoms with van der Waals surface area (Å²) in [4.78, 5) is 17.2. The van der Waals surface area contributed by atoms with Gasteiger partial charge in [-0.2, -0.15) is 0 Å². The van der Waals surface area contributed by atoms with Crippen molar-refractivity contribution in [2.75, 3.05) is 12.4 Å². The number of fused-ring (bicyclic) bond motifs is 1. The molecule has 0 radical (unpaired) electrons. The van der Waals surface area contributed by atoms with E-state index in [-0.39, 0.29) is 5.91 Å². The Morgan fingerprint density at radius 2 is 2.00 bits per heavy atom. The van der Waals surface area contributed by atoms with Gasteiger partial charge in [0.1, 0.15) is 23.8 Å². The van der Waals surface area contributed by atoms with Crippen molar-refractivity contribution in [1.82, 2.24) is 9.38 Å². The number of nitrogens with one attached hydrogen (secondary N) is 1. The Balaban J connectivity index is 1.46. The fraction of sp³-hybridized carbons (Fsp3) is 0.130. The van der Waals surface area contributed by atoms with E-state index in [2.05, 4.69) is 10.3 Å². The van der Waals surface area contributed by atoms with Gasteiger partial charge in [-0.1, -0.05) is 23.8 Å². The summed E-state index contributed by atoms with van der Waals surface area (Å²) < 4.78 is 13.1. The van der Waals surface area contributed by atoms with E-state index in [0.29, 0.717) is 29.4 Å². The van der Waals surface area contributed by atoms with Gasteiger partial charge >= 0.3 is 0 Å². The number of anilines is 1. The molecule has 0 aliphatic carbocycles. The number of aromatic nitrogens is 2. The number of ether oxygens (including phenoxy) is 2. The molecule has 0 fully saturated rings. The average molecular weight is 387 g/mol. The van der Waals surface area contributed by atoms with Gasteiger partial charge in [-0.05, 0) is 43.3 Å². The molecule has 2 aromatic carbocycles. The Bertz CT molecular complexity index is 1130. The number of imidazole rings is 1. The molecule has 0 bridgehead atoms. The molecular weight excluding hydrogens is 366 g/mol. The van der Waals surface area contributed by atoms with Crippen molar-refractivity contribution in [3.63, 3.8) is 0 Å². The molecule has 0 unspecified atom stereocenters. The summed E-state index contributed by atoms with van der Waals surface area (Å²) in [6.07, 6.45) is 3.88. The summed E-state index contributed by atoms with van der Waals surface area (Å²) in [6.45, 7) is 2.27. The van der Waals surface area contributed by atoms with Crippen molar-refractivity contribution < 1.29 is 14.3 Å². The lowest BCUT2D eigenvalue weighted by atomic mass is 10.1. The smallest absolute Gasteiger partial charge is 0.259 e. The Labute approximate surface area is 168 Å². The van der Waals surface area contributed by atoms with Crippen molar-refractivity contribution in [2.24, 2.45) is 0 Å². The van der Waals surface area contributed by atoms with E-state index in [9.17, 15) is 4.79 Å². The molecule has 0 aliphatic heterocycles. The molecule has 4 aromatic rings. The van der Waals surface area contributed by atoms with E-state index in [1.54, 1.807) is 25.3 Å². The topological polar surface area (TPSA) is 64.9 Å². The highest BCUT2D eigenvalue weighted by atomic mass is 16.5. The zero-order chi connectivity index (χ0) is 20.2. The number of hydrogen-bond acceptors (Lipinski definition) is 4. The Hall–Kier alpha value is -3.80. The minimum absolute atomic E-state index is 0.233. The summed E-state index contributed by atoms with van der Waals surface area (Å²) in [6, 6.07) is 18.6. The second kappa shape index (κ2) is 8.06. The third-order valence-corrected chi connectivity index (χ3v) is 4.49. The van der Waals surface area contributed by atoms with Crippen LogP contribution >= 0.6 is 0 Å². The SMILES string of the molecule is COc1ccc(C)cc1C(=O)Nc1cccc(OCc2cn3ccccc3n2)c1. The molecule has 29 heavy (non-hydrogen) atoms. The van der Waals surface area contributed by atoms with Gasteiger partial charge in [0, 0.05) is 24.1 Å². The van der Waals surface area contributed by atoms with Crippen LogP contribution in [0.3, 0.4) is 0 Å². The van der Waals surface area contributed by atoms with Crippen LogP contribution in [0.4, 0.5) is 5.69 Å². The predicted octanol–water partition coefficient (Wildman–Crippen LogP) is 4.48. The van der Waals surface area contributed by atoms with Crippen LogP contribution in [0.1, 0.15) is 21.6 Å². The highest BCUT2D eigenvalue weighted by Gasteiger charge is 2.13. The van der Waals surface area contributed by atoms with Crippen LogP contribution < -0.4 is 14.8 Å². The van der Waals surface area contributed by atoms with Crippen molar-refractivity contribution in [1.29, 1.82) is 0 Å². The molecule has 0 aliphatic rings. The van der Waals surface area contributed by atoms with Crippen LogP contribution in [0.2, 0.25) is 0 Å². The number of nitrogens with zero attached hydrogens (tertiary/aromatic N) is 2. The van der Waals surface area contributed by atoms with Gasteiger partial charge in [-0.25, -0.2) is 4.98 Å². The maximum atomic E-state index is 12.7. The number of rotatable bonds is 6. The summed E-state index contributed by atoms with van der Waals surface area (Å²) in [7, 11) is 1.55. The van der Waals surface area contributed by atoms with Crippen LogP contribution in [0, 0.1) is 6.92 Å². The second-order valence-corrected chi connectivity index (χ2v) is 6.67. The van der Waals surface area contributed by atoms with Crippen LogP contribution in [-0.4, -0.2) is 22.4 Å². The van der Waals surface area contributed by atoms with Gasteiger partial charge in [0.05, 0.1) is 18.4 Å². The van der Waals surface area contributed by atoms with Gasteiger partial charge in [-0.3, -0.25) is 4.79 Å². The number of carbonyl (C=O) groups excluding carboxylic acids is 1. The molecule has 0 saturated heterocycles. The monoisotopic (exact) mass is 387 g/mol. The van der Waals surface area contributed by atoms with Crippen LogP contribution in [0.5, 0.6) is 11.5 Å². The third-order valence-electron chi connectivity index (χ3n) is 4.49. The second-order valence-electron chi connectivity index (χ2n) is 6.67. The van der Waals surface area contributed by atoms with Crippen LogP contribution in [0.15, 0.2) is 73.1 Å².